The second-order valence-electron chi connectivity index (χ2n) is 4.48. The summed E-state index contributed by atoms with van der Waals surface area (Å²) in [5.74, 6) is -0.542. The van der Waals surface area contributed by atoms with Gasteiger partial charge in [-0.15, -0.1) is 12.4 Å². The lowest BCUT2D eigenvalue weighted by atomic mass is 10.2. The van der Waals surface area contributed by atoms with E-state index in [1.54, 1.807) is 18.2 Å². The zero-order valence-electron chi connectivity index (χ0n) is 11.2. The minimum absolute atomic E-state index is 0. The van der Waals surface area contributed by atoms with Crippen molar-refractivity contribution >= 4 is 45.4 Å². The van der Waals surface area contributed by atoms with E-state index in [1.807, 2.05) is 6.92 Å². The summed E-state index contributed by atoms with van der Waals surface area (Å²) in [6.45, 7) is 1.85. The van der Waals surface area contributed by atoms with Gasteiger partial charge in [-0.3, -0.25) is 4.79 Å². The van der Waals surface area contributed by atoms with Crippen LogP contribution in [0.5, 0.6) is 0 Å². The van der Waals surface area contributed by atoms with E-state index in [1.165, 1.54) is 0 Å². The average Bonchev–Trinajstić information content (AvgIpc) is 2.29. The summed E-state index contributed by atoms with van der Waals surface area (Å²) in [6, 6.07) is 4.25. The molecule has 0 radical (unpaired) electrons. The summed E-state index contributed by atoms with van der Waals surface area (Å²) < 4.78 is 22.0. The molecule has 0 aliphatic carbocycles. The number of aryl methyl sites for hydroxylation is 1. The third-order valence-corrected chi connectivity index (χ3v) is 3.96. The third kappa shape index (κ3) is 6.56. The summed E-state index contributed by atoms with van der Waals surface area (Å²) in [4.78, 5) is 11.8. The summed E-state index contributed by atoms with van der Waals surface area (Å²) in [5.41, 5.74) is 7.07. The van der Waals surface area contributed by atoms with Gasteiger partial charge in [0.2, 0.25) is 5.91 Å². The number of nitrogens with two attached hydrogens (primary N) is 1. The van der Waals surface area contributed by atoms with Crippen molar-refractivity contribution in [3.8, 4) is 0 Å². The normalized spacial score (nSPS) is 12.4. The van der Waals surface area contributed by atoms with E-state index in [0.29, 0.717) is 10.7 Å². The van der Waals surface area contributed by atoms with Gasteiger partial charge >= 0.3 is 0 Å². The van der Waals surface area contributed by atoms with E-state index < -0.39 is 21.8 Å². The topological polar surface area (TPSA) is 89.3 Å². The van der Waals surface area contributed by atoms with Gasteiger partial charge in [0.05, 0.1) is 11.8 Å². The molecule has 5 nitrogen and oxygen atoms in total. The van der Waals surface area contributed by atoms with Crippen LogP contribution in [0, 0.1) is 6.92 Å². The molecule has 0 aliphatic heterocycles. The highest BCUT2D eigenvalue weighted by Gasteiger charge is 2.16. The molecule has 0 saturated heterocycles. The van der Waals surface area contributed by atoms with Crippen molar-refractivity contribution in [3.05, 3.63) is 28.8 Å². The fraction of sp³-hybridized carbons (Fsp3) is 0.417. The third-order valence-electron chi connectivity index (χ3n) is 2.58. The molecule has 1 aromatic carbocycles. The van der Waals surface area contributed by atoms with Gasteiger partial charge in [0.1, 0.15) is 9.84 Å². The second kappa shape index (κ2) is 7.83. The van der Waals surface area contributed by atoms with Crippen LogP contribution in [0.4, 0.5) is 5.69 Å². The monoisotopic (exact) mass is 340 g/mol. The van der Waals surface area contributed by atoms with Gasteiger partial charge in [-0.05, 0) is 31.0 Å². The minimum Gasteiger partial charge on any atom is -0.325 e. The van der Waals surface area contributed by atoms with Crippen molar-refractivity contribution in [3.63, 3.8) is 0 Å². The van der Waals surface area contributed by atoms with Crippen molar-refractivity contribution in [1.29, 1.82) is 0 Å². The van der Waals surface area contributed by atoms with Crippen LogP contribution < -0.4 is 11.1 Å². The smallest absolute Gasteiger partial charge is 0.241 e. The fourth-order valence-electron chi connectivity index (χ4n) is 1.38. The van der Waals surface area contributed by atoms with Gasteiger partial charge < -0.3 is 11.1 Å². The first-order valence-electron chi connectivity index (χ1n) is 5.69. The molecule has 3 N–H and O–H groups in total. The van der Waals surface area contributed by atoms with E-state index in [4.69, 9.17) is 17.3 Å². The number of nitrogens with one attached hydrogen (secondary N) is 1. The van der Waals surface area contributed by atoms with Crippen LogP contribution in [0.1, 0.15) is 12.0 Å². The molecule has 1 atom stereocenters. The lowest BCUT2D eigenvalue weighted by molar-refractivity contribution is -0.117. The number of anilines is 1. The van der Waals surface area contributed by atoms with Crippen molar-refractivity contribution in [2.45, 2.75) is 19.4 Å². The quantitative estimate of drug-likeness (QED) is 0.854. The fourth-order valence-corrected chi connectivity index (χ4v) is 2.24. The van der Waals surface area contributed by atoms with Crippen LogP contribution in [-0.2, 0) is 14.6 Å². The molecule has 1 amide bonds. The minimum atomic E-state index is -3.12. The second-order valence-corrected chi connectivity index (χ2v) is 7.15. The maximum Gasteiger partial charge on any atom is 0.241 e. The van der Waals surface area contributed by atoms with Gasteiger partial charge in [-0.25, -0.2) is 8.42 Å². The number of amides is 1. The summed E-state index contributed by atoms with van der Waals surface area (Å²) in [5, 5.41) is 3.15. The molecule has 0 bridgehead atoms. The van der Waals surface area contributed by atoms with Crippen LogP contribution in [0.15, 0.2) is 18.2 Å². The van der Waals surface area contributed by atoms with Gasteiger partial charge in [0.15, 0.2) is 0 Å². The molecule has 0 fully saturated rings. The van der Waals surface area contributed by atoms with Crippen molar-refractivity contribution in [2.24, 2.45) is 5.73 Å². The van der Waals surface area contributed by atoms with Crippen LogP contribution >= 0.6 is 24.0 Å². The Labute approximate surface area is 130 Å². The van der Waals surface area contributed by atoms with E-state index >= 15 is 0 Å². The maximum absolute atomic E-state index is 11.8. The van der Waals surface area contributed by atoms with Crippen molar-refractivity contribution in [2.75, 3.05) is 17.3 Å². The first kappa shape index (κ1) is 19.2. The van der Waals surface area contributed by atoms with Crippen LogP contribution in [0.2, 0.25) is 5.02 Å². The number of rotatable bonds is 5. The molecule has 1 aromatic rings. The Morgan fingerprint density at radius 2 is 2.05 bits per heavy atom. The van der Waals surface area contributed by atoms with Crippen LogP contribution in [0.25, 0.3) is 0 Å². The summed E-state index contributed by atoms with van der Waals surface area (Å²) in [7, 11) is -3.12. The average molecular weight is 341 g/mol. The van der Waals surface area contributed by atoms with Crippen LogP contribution in [0.3, 0.4) is 0 Å². The lowest BCUT2D eigenvalue weighted by Gasteiger charge is -2.12. The standard InChI is InChI=1S/C12H17ClN2O3S.ClH/c1-8-3-4-9(7-10(8)13)15-12(16)11(14)5-6-19(2,17)18;/h3-4,7,11H,5-6,14H2,1-2H3,(H,15,16);1H. The SMILES string of the molecule is Cc1ccc(NC(=O)C(N)CCS(C)(=O)=O)cc1Cl.Cl. The molecule has 0 saturated carbocycles. The molecule has 0 spiro atoms. The highest BCUT2D eigenvalue weighted by atomic mass is 35.5. The number of hydrogen-bond donors (Lipinski definition) is 2. The van der Waals surface area contributed by atoms with Gasteiger partial charge in [-0.1, -0.05) is 17.7 Å². The predicted octanol–water partition coefficient (Wildman–Crippen LogP) is 1.77. The summed E-state index contributed by atoms with van der Waals surface area (Å²) >= 11 is 5.94. The van der Waals surface area contributed by atoms with E-state index in [9.17, 15) is 13.2 Å². The van der Waals surface area contributed by atoms with Gasteiger partial charge in [-0.2, -0.15) is 0 Å². The van der Waals surface area contributed by atoms with Crippen molar-refractivity contribution < 1.29 is 13.2 Å². The molecule has 20 heavy (non-hydrogen) atoms. The molecular formula is C12H18Cl2N2O3S. The number of hydrogen-bond acceptors (Lipinski definition) is 4. The first-order chi connectivity index (χ1) is 8.69. The van der Waals surface area contributed by atoms with E-state index in [-0.39, 0.29) is 24.6 Å². The molecule has 0 heterocycles. The summed E-state index contributed by atoms with van der Waals surface area (Å²) in [6.07, 6.45) is 1.20. The molecule has 1 rings (SSSR count). The largest absolute Gasteiger partial charge is 0.325 e. The number of carbonyl (C=O) groups excluding carboxylic acids is 1. The zero-order valence-corrected chi connectivity index (χ0v) is 13.6. The Morgan fingerprint density at radius 3 is 2.55 bits per heavy atom. The lowest BCUT2D eigenvalue weighted by Crippen LogP contribution is -2.37. The Hall–Kier alpha value is -0.820. The molecule has 8 heteroatoms. The number of benzene rings is 1. The van der Waals surface area contributed by atoms with Crippen LogP contribution in [-0.4, -0.2) is 32.4 Å². The Kier molecular flexibility index (Phi) is 7.51. The molecule has 114 valence electrons. The number of halogens is 2. The van der Waals surface area contributed by atoms with E-state index in [0.717, 1.165) is 11.8 Å². The predicted molar refractivity (Wildman–Crippen MR) is 84.4 cm³/mol. The Balaban J connectivity index is 0.00000361. The number of sulfone groups is 1. The highest BCUT2D eigenvalue weighted by Crippen LogP contribution is 2.20. The number of carbonyl (C=O) groups is 1. The Morgan fingerprint density at radius 1 is 1.45 bits per heavy atom. The molecular weight excluding hydrogens is 323 g/mol. The van der Waals surface area contributed by atoms with Gasteiger partial charge in [0, 0.05) is 17.0 Å². The molecule has 1 unspecified atom stereocenters. The Bertz CT molecular complexity index is 576. The molecule has 0 aromatic heterocycles. The van der Waals surface area contributed by atoms with E-state index in [2.05, 4.69) is 5.32 Å². The van der Waals surface area contributed by atoms with Crippen molar-refractivity contribution in [1.82, 2.24) is 0 Å². The first-order valence-corrected chi connectivity index (χ1v) is 8.13. The highest BCUT2D eigenvalue weighted by molar-refractivity contribution is 7.90. The van der Waals surface area contributed by atoms with Gasteiger partial charge in [0.25, 0.3) is 0 Å². The molecule has 0 aliphatic rings. The maximum atomic E-state index is 11.8. The zero-order chi connectivity index (χ0) is 14.6.